The molecular weight excluding hydrogens is 252 g/mol. The molecule has 0 aliphatic carbocycles. The Bertz CT molecular complexity index is 751. The molecule has 0 bridgehead atoms. The summed E-state index contributed by atoms with van der Waals surface area (Å²) in [5, 5.41) is 0.926. The highest BCUT2D eigenvalue weighted by atomic mass is 16.5. The second-order valence-corrected chi connectivity index (χ2v) is 4.66. The van der Waals surface area contributed by atoms with Gasteiger partial charge in [0.15, 0.2) is 5.76 Å². The van der Waals surface area contributed by atoms with Crippen molar-refractivity contribution >= 4 is 16.8 Å². The first kappa shape index (κ1) is 12.5. The SMILES string of the molecule is COc1cc(C(=O)c2cc3ccccc3o2)ccc1C. The predicted molar refractivity (Wildman–Crippen MR) is 77.4 cm³/mol. The number of carbonyl (C=O) groups is 1. The van der Waals surface area contributed by atoms with E-state index in [0.29, 0.717) is 17.1 Å². The molecule has 3 nitrogen and oxygen atoms in total. The van der Waals surface area contributed by atoms with Crippen molar-refractivity contribution in [1.29, 1.82) is 0 Å². The second kappa shape index (κ2) is 4.85. The average molecular weight is 266 g/mol. The predicted octanol–water partition coefficient (Wildman–Crippen LogP) is 3.98. The summed E-state index contributed by atoms with van der Waals surface area (Å²) in [5.74, 6) is 0.906. The van der Waals surface area contributed by atoms with Crippen LogP contribution in [0.4, 0.5) is 0 Å². The number of hydrogen-bond acceptors (Lipinski definition) is 3. The highest BCUT2D eigenvalue weighted by Gasteiger charge is 2.15. The van der Waals surface area contributed by atoms with E-state index in [1.54, 1.807) is 25.3 Å². The van der Waals surface area contributed by atoms with E-state index >= 15 is 0 Å². The Morgan fingerprint density at radius 1 is 1.10 bits per heavy atom. The van der Waals surface area contributed by atoms with Crippen LogP contribution in [0.25, 0.3) is 11.0 Å². The fourth-order valence-corrected chi connectivity index (χ4v) is 2.20. The summed E-state index contributed by atoms with van der Waals surface area (Å²) in [5.41, 5.74) is 2.27. The number of hydrogen-bond donors (Lipinski definition) is 0. The van der Waals surface area contributed by atoms with E-state index in [9.17, 15) is 4.79 Å². The zero-order chi connectivity index (χ0) is 14.1. The number of fused-ring (bicyclic) bond motifs is 1. The van der Waals surface area contributed by atoms with Crippen LogP contribution in [0.5, 0.6) is 5.75 Å². The Balaban J connectivity index is 2.03. The maximum absolute atomic E-state index is 12.4. The molecule has 0 amide bonds. The largest absolute Gasteiger partial charge is 0.496 e. The molecule has 2 aromatic carbocycles. The van der Waals surface area contributed by atoms with Crippen LogP contribution in [-0.4, -0.2) is 12.9 Å². The minimum atomic E-state index is -0.139. The van der Waals surface area contributed by atoms with Crippen LogP contribution in [0.1, 0.15) is 21.7 Å². The first-order valence-electron chi connectivity index (χ1n) is 6.37. The summed E-state index contributed by atoms with van der Waals surface area (Å²) in [7, 11) is 1.60. The smallest absolute Gasteiger partial charge is 0.228 e. The van der Waals surface area contributed by atoms with Crippen molar-refractivity contribution in [2.75, 3.05) is 7.11 Å². The Morgan fingerprint density at radius 3 is 2.65 bits per heavy atom. The van der Waals surface area contributed by atoms with Gasteiger partial charge in [0, 0.05) is 10.9 Å². The number of furan rings is 1. The molecule has 3 rings (SSSR count). The fourth-order valence-electron chi connectivity index (χ4n) is 2.20. The van der Waals surface area contributed by atoms with Gasteiger partial charge in [-0.05, 0) is 30.7 Å². The van der Waals surface area contributed by atoms with Gasteiger partial charge in [-0.3, -0.25) is 4.79 Å². The van der Waals surface area contributed by atoms with E-state index in [1.165, 1.54) is 0 Å². The molecule has 3 heteroatoms. The Morgan fingerprint density at radius 2 is 1.90 bits per heavy atom. The molecule has 100 valence electrons. The lowest BCUT2D eigenvalue weighted by Crippen LogP contribution is -2.00. The van der Waals surface area contributed by atoms with Crippen molar-refractivity contribution in [2.24, 2.45) is 0 Å². The molecule has 0 saturated heterocycles. The van der Waals surface area contributed by atoms with E-state index in [4.69, 9.17) is 9.15 Å². The normalized spacial score (nSPS) is 10.7. The van der Waals surface area contributed by atoms with Crippen molar-refractivity contribution < 1.29 is 13.9 Å². The zero-order valence-electron chi connectivity index (χ0n) is 11.3. The van der Waals surface area contributed by atoms with Gasteiger partial charge in [-0.2, -0.15) is 0 Å². The van der Waals surface area contributed by atoms with Crippen LogP contribution in [0.15, 0.2) is 52.9 Å². The monoisotopic (exact) mass is 266 g/mol. The number of rotatable bonds is 3. The molecule has 3 aromatic rings. The summed E-state index contributed by atoms with van der Waals surface area (Å²) in [4.78, 5) is 12.4. The molecule has 0 radical (unpaired) electrons. The van der Waals surface area contributed by atoms with Crippen LogP contribution < -0.4 is 4.74 Å². The second-order valence-electron chi connectivity index (χ2n) is 4.66. The molecule has 1 heterocycles. The Labute approximate surface area is 116 Å². The summed E-state index contributed by atoms with van der Waals surface area (Å²) in [6.07, 6.45) is 0. The molecule has 0 fully saturated rings. The van der Waals surface area contributed by atoms with Gasteiger partial charge >= 0.3 is 0 Å². The number of aryl methyl sites for hydroxylation is 1. The molecule has 1 aromatic heterocycles. The number of carbonyl (C=O) groups excluding carboxylic acids is 1. The van der Waals surface area contributed by atoms with Gasteiger partial charge in [0.1, 0.15) is 11.3 Å². The van der Waals surface area contributed by atoms with Crippen molar-refractivity contribution in [2.45, 2.75) is 6.92 Å². The Kier molecular flexibility index (Phi) is 3.03. The third-order valence-electron chi connectivity index (χ3n) is 3.32. The van der Waals surface area contributed by atoms with Gasteiger partial charge < -0.3 is 9.15 Å². The third-order valence-corrected chi connectivity index (χ3v) is 3.32. The Hall–Kier alpha value is -2.55. The fraction of sp³-hybridized carbons (Fsp3) is 0.118. The van der Waals surface area contributed by atoms with Crippen LogP contribution in [0.2, 0.25) is 0 Å². The lowest BCUT2D eigenvalue weighted by molar-refractivity contribution is 0.101. The summed E-state index contributed by atoms with van der Waals surface area (Å²) < 4.78 is 10.8. The van der Waals surface area contributed by atoms with Gasteiger partial charge in [0.05, 0.1) is 7.11 Å². The molecule has 0 N–H and O–H groups in total. The molecule has 0 unspecified atom stereocenters. The van der Waals surface area contributed by atoms with Crippen LogP contribution in [0, 0.1) is 6.92 Å². The lowest BCUT2D eigenvalue weighted by Gasteiger charge is -2.05. The zero-order valence-corrected chi connectivity index (χ0v) is 11.3. The topological polar surface area (TPSA) is 39.4 Å². The van der Waals surface area contributed by atoms with Crippen molar-refractivity contribution in [3.8, 4) is 5.75 Å². The van der Waals surface area contributed by atoms with Gasteiger partial charge in [-0.1, -0.05) is 30.3 Å². The standard InChI is InChI=1S/C17H14O3/c1-11-7-8-13(10-15(11)19-2)17(18)16-9-12-5-3-4-6-14(12)20-16/h3-10H,1-2H3. The maximum atomic E-state index is 12.4. The summed E-state index contributed by atoms with van der Waals surface area (Å²) in [6, 6.07) is 14.7. The van der Waals surface area contributed by atoms with Crippen molar-refractivity contribution in [3.05, 3.63) is 65.4 Å². The molecule has 0 atom stereocenters. The van der Waals surface area contributed by atoms with E-state index in [2.05, 4.69) is 0 Å². The van der Waals surface area contributed by atoms with Gasteiger partial charge in [0.25, 0.3) is 0 Å². The number of ketones is 1. The van der Waals surface area contributed by atoms with Crippen molar-refractivity contribution in [3.63, 3.8) is 0 Å². The van der Waals surface area contributed by atoms with Crippen molar-refractivity contribution in [1.82, 2.24) is 0 Å². The molecule has 20 heavy (non-hydrogen) atoms. The third kappa shape index (κ3) is 2.07. The van der Waals surface area contributed by atoms with Gasteiger partial charge in [-0.15, -0.1) is 0 Å². The van der Waals surface area contributed by atoms with E-state index in [0.717, 1.165) is 16.5 Å². The van der Waals surface area contributed by atoms with Crippen LogP contribution in [-0.2, 0) is 0 Å². The quantitative estimate of drug-likeness (QED) is 0.673. The maximum Gasteiger partial charge on any atom is 0.228 e. The minimum absolute atomic E-state index is 0.139. The number of ether oxygens (including phenoxy) is 1. The van der Waals surface area contributed by atoms with Crippen LogP contribution in [0.3, 0.4) is 0 Å². The molecule has 0 aliphatic heterocycles. The highest BCUT2D eigenvalue weighted by Crippen LogP contribution is 2.24. The average Bonchev–Trinajstić information content (AvgIpc) is 2.91. The summed E-state index contributed by atoms with van der Waals surface area (Å²) in [6.45, 7) is 1.94. The molecular formula is C17H14O3. The van der Waals surface area contributed by atoms with Gasteiger partial charge in [0.2, 0.25) is 5.78 Å². The molecule has 0 saturated carbocycles. The molecule has 0 spiro atoms. The van der Waals surface area contributed by atoms with E-state index in [1.807, 2.05) is 37.3 Å². The first-order valence-corrected chi connectivity index (χ1v) is 6.37. The summed E-state index contributed by atoms with van der Waals surface area (Å²) >= 11 is 0. The van der Waals surface area contributed by atoms with Crippen LogP contribution >= 0.6 is 0 Å². The lowest BCUT2D eigenvalue weighted by atomic mass is 10.1. The van der Waals surface area contributed by atoms with E-state index in [-0.39, 0.29) is 5.78 Å². The number of para-hydroxylation sites is 1. The molecule has 0 aliphatic rings. The number of methoxy groups -OCH3 is 1. The first-order chi connectivity index (χ1) is 9.69. The minimum Gasteiger partial charge on any atom is -0.496 e. The van der Waals surface area contributed by atoms with E-state index < -0.39 is 0 Å². The number of benzene rings is 2. The van der Waals surface area contributed by atoms with Gasteiger partial charge in [-0.25, -0.2) is 0 Å². The highest BCUT2D eigenvalue weighted by molar-refractivity contribution is 6.09.